The number of nitrogens with zero attached hydrogens (tertiary/aromatic N) is 2. The Balaban J connectivity index is 1.50. The quantitative estimate of drug-likeness (QED) is 0.828. The topological polar surface area (TPSA) is 66.5 Å². The van der Waals surface area contributed by atoms with Crippen LogP contribution in [-0.4, -0.2) is 50.2 Å². The Bertz CT molecular complexity index is 676. The van der Waals surface area contributed by atoms with Gasteiger partial charge in [0.15, 0.2) is 0 Å². The molecule has 2 aromatic rings. The van der Waals surface area contributed by atoms with Gasteiger partial charge in [0.25, 0.3) is 0 Å². The van der Waals surface area contributed by atoms with Crippen molar-refractivity contribution < 1.29 is 9.53 Å². The predicted molar refractivity (Wildman–Crippen MR) is 97.9 cm³/mol. The molecule has 0 saturated carbocycles. The lowest BCUT2D eigenvalue weighted by Crippen LogP contribution is -2.57. The van der Waals surface area contributed by atoms with E-state index in [0.717, 1.165) is 36.6 Å². The van der Waals surface area contributed by atoms with Crippen LogP contribution in [0.15, 0.2) is 48.7 Å². The summed E-state index contributed by atoms with van der Waals surface area (Å²) in [6.07, 6.45) is 2.51. The lowest BCUT2D eigenvalue weighted by molar-refractivity contribution is -0.123. The Kier molecular flexibility index (Phi) is 5.85. The van der Waals surface area contributed by atoms with Crippen molar-refractivity contribution in [1.82, 2.24) is 15.6 Å². The minimum absolute atomic E-state index is 0.0362. The lowest BCUT2D eigenvalue weighted by atomic mass is 10.1. The molecule has 0 bridgehead atoms. The summed E-state index contributed by atoms with van der Waals surface area (Å²) < 4.78 is 5.20. The number of methoxy groups -OCH3 is 1. The molecule has 0 radical (unpaired) electrons. The molecule has 1 atom stereocenters. The molecule has 1 aliphatic heterocycles. The summed E-state index contributed by atoms with van der Waals surface area (Å²) in [5, 5.41) is 6.30. The average Bonchev–Trinajstić information content (AvgIpc) is 2.69. The number of carbonyl (C=O) groups is 1. The lowest BCUT2D eigenvalue weighted by Gasteiger charge is -2.34. The van der Waals surface area contributed by atoms with Crippen molar-refractivity contribution in [3.8, 4) is 5.75 Å². The predicted octanol–water partition coefficient (Wildman–Crippen LogP) is 1.23. The zero-order valence-electron chi connectivity index (χ0n) is 14.4. The van der Waals surface area contributed by atoms with E-state index in [-0.39, 0.29) is 11.9 Å². The summed E-state index contributed by atoms with van der Waals surface area (Å²) in [5.74, 6) is 0.872. The molecule has 1 unspecified atom stereocenters. The van der Waals surface area contributed by atoms with E-state index >= 15 is 0 Å². The molecule has 3 rings (SSSR count). The second-order valence-corrected chi connectivity index (χ2v) is 6.01. The molecule has 1 aromatic carbocycles. The SMILES string of the molecule is COc1ccc(N2CCNC(C(=O)NCCc3ccccn3)C2)cc1. The number of aromatic nitrogens is 1. The van der Waals surface area contributed by atoms with Gasteiger partial charge in [0.1, 0.15) is 11.8 Å². The first kappa shape index (κ1) is 17.2. The van der Waals surface area contributed by atoms with Gasteiger partial charge >= 0.3 is 0 Å². The van der Waals surface area contributed by atoms with E-state index in [1.807, 2.05) is 42.5 Å². The molecule has 6 nitrogen and oxygen atoms in total. The molecule has 1 saturated heterocycles. The van der Waals surface area contributed by atoms with Crippen LogP contribution < -0.4 is 20.3 Å². The monoisotopic (exact) mass is 340 g/mol. The third-order valence-corrected chi connectivity index (χ3v) is 4.34. The van der Waals surface area contributed by atoms with Crippen molar-refractivity contribution >= 4 is 11.6 Å². The third-order valence-electron chi connectivity index (χ3n) is 4.34. The molecule has 0 spiro atoms. The van der Waals surface area contributed by atoms with Crippen molar-refractivity contribution in [3.63, 3.8) is 0 Å². The maximum atomic E-state index is 12.4. The molecular formula is C19H24N4O2. The third kappa shape index (κ3) is 4.70. The molecule has 0 aliphatic carbocycles. The van der Waals surface area contributed by atoms with Crippen LogP contribution >= 0.6 is 0 Å². The molecule has 25 heavy (non-hydrogen) atoms. The Labute approximate surface area is 148 Å². The first-order valence-corrected chi connectivity index (χ1v) is 8.56. The van der Waals surface area contributed by atoms with Crippen LogP contribution in [0.5, 0.6) is 5.75 Å². The number of ether oxygens (including phenoxy) is 1. The number of rotatable bonds is 6. The highest BCUT2D eigenvalue weighted by Crippen LogP contribution is 2.20. The number of anilines is 1. The second-order valence-electron chi connectivity index (χ2n) is 6.01. The summed E-state index contributed by atoms with van der Waals surface area (Å²) in [6, 6.07) is 13.6. The molecule has 1 aromatic heterocycles. The maximum Gasteiger partial charge on any atom is 0.238 e. The van der Waals surface area contributed by atoms with Crippen LogP contribution in [0.3, 0.4) is 0 Å². The van der Waals surface area contributed by atoms with Gasteiger partial charge in [-0.3, -0.25) is 9.78 Å². The molecular weight excluding hydrogens is 316 g/mol. The minimum atomic E-state index is -0.209. The van der Waals surface area contributed by atoms with Gasteiger partial charge in [-0.05, 0) is 36.4 Å². The summed E-state index contributed by atoms with van der Waals surface area (Å²) in [7, 11) is 1.66. The van der Waals surface area contributed by atoms with Gasteiger partial charge in [-0.15, -0.1) is 0 Å². The molecule has 1 aliphatic rings. The average molecular weight is 340 g/mol. The highest BCUT2D eigenvalue weighted by Gasteiger charge is 2.25. The van der Waals surface area contributed by atoms with Crippen molar-refractivity contribution in [3.05, 3.63) is 54.4 Å². The standard InChI is InChI=1S/C19H24N4O2/c1-25-17-7-5-16(6-8-17)23-13-12-21-18(14-23)19(24)22-11-9-15-4-2-3-10-20-15/h2-8,10,18,21H,9,11-14H2,1H3,(H,22,24). The van der Waals surface area contributed by atoms with Crippen molar-refractivity contribution in [2.75, 3.05) is 38.2 Å². The first-order valence-electron chi connectivity index (χ1n) is 8.56. The molecule has 1 amide bonds. The molecule has 2 heterocycles. The van der Waals surface area contributed by atoms with E-state index in [2.05, 4.69) is 20.5 Å². The van der Waals surface area contributed by atoms with Crippen molar-refractivity contribution in [2.45, 2.75) is 12.5 Å². The van der Waals surface area contributed by atoms with Gasteiger partial charge in [0.2, 0.25) is 5.91 Å². The Morgan fingerprint density at radius 2 is 2.16 bits per heavy atom. The fourth-order valence-electron chi connectivity index (χ4n) is 2.94. The van der Waals surface area contributed by atoms with Crippen molar-refractivity contribution in [1.29, 1.82) is 0 Å². The highest BCUT2D eigenvalue weighted by atomic mass is 16.5. The largest absolute Gasteiger partial charge is 0.497 e. The van der Waals surface area contributed by atoms with E-state index in [1.165, 1.54) is 0 Å². The minimum Gasteiger partial charge on any atom is -0.497 e. The summed E-state index contributed by atoms with van der Waals surface area (Å²) in [6.45, 7) is 2.91. The maximum absolute atomic E-state index is 12.4. The van der Waals surface area contributed by atoms with Crippen LogP contribution in [0.25, 0.3) is 0 Å². The van der Waals surface area contributed by atoms with E-state index in [4.69, 9.17) is 4.74 Å². The van der Waals surface area contributed by atoms with Gasteiger partial charge in [0, 0.05) is 50.2 Å². The molecule has 2 N–H and O–H groups in total. The van der Waals surface area contributed by atoms with E-state index in [9.17, 15) is 4.79 Å². The number of benzene rings is 1. The van der Waals surface area contributed by atoms with Crippen LogP contribution in [0.4, 0.5) is 5.69 Å². The molecule has 1 fully saturated rings. The number of piperazine rings is 1. The highest BCUT2D eigenvalue weighted by molar-refractivity contribution is 5.82. The Hall–Kier alpha value is -2.60. The second kappa shape index (κ2) is 8.48. The number of nitrogens with one attached hydrogen (secondary N) is 2. The smallest absolute Gasteiger partial charge is 0.238 e. The van der Waals surface area contributed by atoms with Gasteiger partial charge < -0.3 is 20.3 Å². The Morgan fingerprint density at radius 3 is 2.88 bits per heavy atom. The fraction of sp³-hybridized carbons (Fsp3) is 0.368. The number of amides is 1. The zero-order valence-corrected chi connectivity index (χ0v) is 14.4. The number of hydrogen-bond acceptors (Lipinski definition) is 5. The van der Waals surface area contributed by atoms with E-state index in [1.54, 1.807) is 13.3 Å². The van der Waals surface area contributed by atoms with Crippen LogP contribution in [-0.2, 0) is 11.2 Å². The van der Waals surface area contributed by atoms with Crippen molar-refractivity contribution in [2.24, 2.45) is 0 Å². The summed E-state index contributed by atoms with van der Waals surface area (Å²) in [4.78, 5) is 18.9. The molecule has 132 valence electrons. The molecule has 6 heteroatoms. The van der Waals surface area contributed by atoms with Gasteiger partial charge in [-0.25, -0.2) is 0 Å². The Morgan fingerprint density at radius 1 is 1.32 bits per heavy atom. The zero-order chi connectivity index (χ0) is 17.5. The van der Waals surface area contributed by atoms with Gasteiger partial charge in [-0.1, -0.05) is 6.07 Å². The summed E-state index contributed by atoms with van der Waals surface area (Å²) >= 11 is 0. The van der Waals surface area contributed by atoms with Crippen LogP contribution in [0, 0.1) is 0 Å². The number of carbonyl (C=O) groups excluding carboxylic acids is 1. The van der Waals surface area contributed by atoms with E-state index in [0.29, 0.717) is 13.1 Å². The number of hydrogen-bond donors (Lipinski definition) is 2. The van der Waals surface area contributed by atoms with Gasteiger partial charge in [-0.2, -0.15) is 0 Å². The normalized spacial score (nSPS) is 17.2. The van der Waals surface area contributed by atoms with E-state index < -0.39 is 0 Å². The van der Waals surface area contributed by atoms with Crippen LogP contribution in [0.2, 0.25) is 0 Å². The first-order chi connectivity index (χ1) is 12.3. The van der Waals surface area contributed by atoms with Crippen LogP contribution in [0.1, 0.15) is 5.69 Å². The van der Waals surface area contributed by atoms with Gasteiger partial charge in [0.05, 0.1) is 7.11 Å². The number of pyridine rings is 1. The fourth-order valence-corrected chi connectivity index (χ4v) is 2.94. The summed E-state index contributed by atoms with van der Waals surface area (Å²) in [5.41, 5.74) is 2.09.